The number of carbonyl (C=O) groups is 2. The van der Waals surface area contributed by atoms with Gasteiger partial charge >= 0.3 is 63.4 Å². The summed E-state index contributed by atoms with van der Waals surface area (Å²) in [7, 11) is 0. The molecule has 0 aromatic carbocycles. The number of rotatable bonds is 10. The number of hydrogen-bond acceptors (Lipinski definition) is 5. The number of hydrogen-bond donors (Lipinski definition) is 0. The van der Waals surface area contributed by atoms with Crippen LogP contribution in [0.1, 0.15) is 53.4 Å². The molecule has 0 rings (SSSR count). The van der Waals surface area contributed by atoms with E-state index in [-0.39, 0.29) is 21.7 Å². The maximum atomic E-state index is 10.6. The standard InChI is InChI=1S/C7H12O3.2C3H7O.Al/c1-3-4-6(5(2)8)7(9)10;2*1-2-3-4;/h6H,3-4H2,1-2H3,(H,9,10);2*2-3H2,1H3;/q;2*-1;+3/p-1. The van der Waals surface area contributed by atoms with E-state index in [1.807, 2.05) is 6.92 Å². The summed E-state index contributed by atoms with van der Waals surface area (Å²) < 4.78 is 10.3. The van der Waals surface area contributed by atoms with E-state index < -0.39 is 11.9 Å². The summed E-state index contributed by atoms with van der Waals surface area (Å²) in [5, 5.41) is 10.2. The zero-order valence-electron chi connectivity index (χ0n) is 12.4. The Bertz CT molecular complexity index is 213. The van der Waals surface area contributed by atoms with Crippen molar-refractivity contribution in [3.05, 3.63) is 0 Å². The molecule has 1 atom stereocenters. The predicted molar refractivity (Wildman–Crippen MR) is 72.3 cm³/mol. The molecule has 0 saturated heterocycles. The maximum absolute atomic E-state index is 10.6. The minimum atomic E-state index is -1.26. The summed E-state index contributed by atoms with van der Waals surface area (Å²) in [6.07, 6.45) is 3.25. The molecular weight excluding hydrogens is 263 g/mol. The van der Waals surface area contributed by atoms with Gasteiger partial charge in [-0.1, -0.05) is 13.3 Å². The Morgan fingerprint density at radius 1 is 1.05 bits per heavy atom. The van der Waals surface area contributed by atoms with Crippen molar-refractivity contribution in [2.24, 2.45) is 5.92 Å². The van der Waals surface area contributed by atoms with Crippen molar-refractivity contribution in [1.29, 1.82) is 0 Å². The minimum absolute atomic E-state index is 0.182. The van der Waals surface area contributed by atoms with Gasteiger partial charge in [0.2, 0.25) is 0 Å². The average molecular weight is 288 g/mol. The van der Waals surface area contributed by atoms with Gasteiger partial charge in [0, 0.05) is 0 Å². The van der Waals surface area contributed by atoms with Gasteiger partial charge in [0.05, 0.1) is 11.9 Å². The monoisotopic (exact) mass is 288 g/mol. The molecule has 0 spiro atoms. The van der Waals surface area contributed by atoms with Gasteiger partial charge in [0.25, 0.3) is 0 Å². The van der Waals surface area contributed by atoms with Gasteiger partial charge in [-0.3, -0.25) is 4.79 Å². The Morgan fingerprint density at radius 3 is 1.74 bits per heavy atom. The van der Waals surface area contributed by atoms with Gasteiger partial charge in [-0.15, -0.1) is 0 Å². The van der Waals surface area contributed by atoms with Gasteiger partial charge in [-0.2, -0.15) is 0 Å². The van der Waals surface area contributed by atoms with E-state index in [0.29, 0.717) is 12.8 Å². The van der Waals surface area contributed by atoms with E-state index in [9.17, 15) is 14.7 Å². The van der Waals surface area contributed by atoms with Crippen LogP contribution in [0.25, 0.3) is 0 Å². The van der Waals surface area contributed by atoms with E-state index in [4.69, 9.17) is 7.58 Å². The predicted octanol–water partition coefficient (Wildman–Crippen LogP) is 1.12. The molecule has 0 aromatic rings. The van der Waals surface area contributed by atoms with Gasteiger partial charge in [-0.25, -0.2) is 0 Å². The van der Waals surface area contributed by atoms with Crippen molar-refractivity contribution < 1.29 is 22.3 Å². The van der Waals surface area contributed by atoms with Gasteiger partial charge in [0.15, 0.2) is 0 Å². The molecule has 1 unspecified atom stereocenters. The molecule has 0 heterocycles. The zero-order chi connectivity index (χ0) is 15.1. The number of carbonyl (C=O) groups excluding carboxylic acids is 2. The first-order valence-electron chi connectivity index (χ1n) is 6.77. The summed E-state index contributed by atoms with van der Waals surface area (Å²) in [6, 6.07) is 0. The third-order valence-electron chi connectivity index (χ3n) is 2.13. The molecule has 0 saturated carbocycles. The number of Topliss-reactive ketones (excluding diaryl/α,β-unsaturated/α-hetero) is 1. The van der Waals surface area contributed by atoms with Crippen LogP contribution in [0.2, 0.25) is 0 Å². The Kier molecular flexibility index (Phi) is 17.2. The second kappa shape index (κ2) is 15.6. The van der Waals surface area contributed by atoms with Crippen LogP contribution in [0.5, 0.6) is 0 Å². The molecule has 19 heavy (non-hydrogen) atoms. The first kappa shape index (κ1) is 20.9. The van der Waals surface area contributed by atoms with Crippen LogP contribution < -0.4 is 5.11 Å². The third-order valence-corrected chi connectivity index (χ3v) is 2.88. The normalized spacial score (nSPS) is 10.9. The fourth-order valence-corrected chi connectivity index (χ4v) is 1.92. The fourth-order valence-electron chi connectivity index (χ4n) is 1.16. The Hall–Kier alpha value is -0.408. The van der Waals surface area contributed by atoms with E-state index in [1.54, 1.807) is 0 Å². The molecule has 5 nitrogen and oxygen atoms in total. The van der Waals surface area contributed by atoms with E-state index in [2.05, 4.69) is 13.8 Å². The van der Waals surface area contributed by atoms with Crippen molar-refractivity contribution in [3.63, 3.8) is 0 Å². The average Bonchev–Trinajstić information content (AvgIpc) is 2.36. The van der Waals surface area contributed by atoms with Gasteiger partial charge < -0.3 is 9.90 Å². The molecule has 0 fully saturated rings. The molecular formula is C13H25AlO5. The second-order valence-electron chi connectivity index (χ2n) is 4.11. The van der Waals surface area contributed by atoms with Crippen LogP contribution in [0.3, 0.4) is 0 Å². The number of carboxylic acids is 1. The molecule has 0 bridgehead atoms. The van der Waals surface area contributed by atoms with Crippen molar-refractivity contribution in [3.8, 4) is 0 Å². The van der Waals surface area contributed by atoms with Crippen LogP contribution in [-0.4, -0.2) is 40.9 Å². The van der Waals surface area contributed by atoms with Crippen LogP contribution in [0.15, 0.2) is 0 Å². The van der Waals surface area contributed by atoms with Crippen LogP contribution >= 0.6 is 0 Å². The van der Waals surface area contributed by atoms with Crippen molar-refractivity contribution in [2.45, 2.75) is 53.4 Å². The molecule has 0 amide bonds. The van der Waals surface area contributed by atoms with Crippen molar-refractivity contribution >= 4 is 27.6 Å². The molecule has 0 N–H and O–H groups in total. The molecule has 0 aliphatic rings. The SMILES string of the molecule is CCCC(C(C)=O)C(=O)[O-].CCC[O][Al+][O]CCC. The first-order valence-corrected chi connectivity index (χ1v) is 7.71. The fraction of sp³-hybridized carbons (Fsp3) is 0.846. The Labute approximate surface area is 123 Å². The van der Waals surface area contributed by atoms with Crippen molar-refractivity contribution in [1.82, 2.24) is 0 Å². The molecule has 0 radical (unpaired) electrons. The number of carboxylic acid groups (broad SMARTS) is 1. The van der Waals surface area contributed by atoms with E-state index in [0.717, 1.165) is 26.1 Å². The summed E-state index contributed by atoms with van der Waals surface area (Å²) in [6.45, 7) is 8.99. The van der Waals surface area contributed by atoms with Crippen LogP contribution in [0, 0.1) is 5.92 Å². The first-order chi connectivity index (χ1) is 9.01. The van der Waals surface area contributed by atoms with Gasteiger partial charge in [0.1, 0.15) is 5.78 Å². The number of ketones is 1. The second-order valence-corrected chi connectivity index (χ2v) is 4.97. The summed E-state index contributed by atoms with van der Waals surface area (Å²) in [5.74, 6) is -2.47. The third kappa shape index (κ3) is 15.5. The Balaban J connectivity index is 0. The molecule has 0 aromatic heterocycles. The van der Waals surface area contributed by atoms with E-state index in [1.165, 1.54) is 6.92 Å². The summed E-state index contributed by atoms with van der Waals surface area (Å²) in [4.78, 5) is 20.8. The topological polar surface area (TPSA) is 75.7 Å². The molecule has 0 aliphatic heterocycles. The number of aliphatic carboxylic acids is 1. The molecule has 0 aliphatic carbocycles. The van der Waals surface area contributed by atoms with Crippen LogP contribution in [-0.2, 0) is 17.2 Å². The van der Waals surface area contributed by atoms with E-state index >= 15 is 0 Å². The summed E-state index contributed by atoms with van der Waals surface area (Å²) >= 11 is -0.182. The van der Waals surface area contributed by atoms with Crippen molar-refractivity contribution in [2.75, 3.05) is 13.2 Å². The van der Waals surface area contributed by atoms with Gasteiger partial charge in [-0.05, 0) is 13.3 Å². The summed E-state index contributed by atoms with van der Waals surface area (Å²) in [5.41, 5.74) is 0. The molecule has 6 heteroatoms. The Morgan fingerprint density at radius 2 is 1.53 bits per heavy atom. The van der Waals surface area contributed by atoms with Crippen LogP contribution in [0.4, 0.5) is 0 Å². The molecule has 110 valence electrons. The quantitative estimate of drug-likeness (QED) is 0.342. The zero-order valence-corrected chi connectivity index (χ0v) is 13.6.